The SMILES string of the molecule is CC1CC(N(C)CCNS(C)(=O)=O)CCN1Cc1ccccc1. The van der Waals surface area contributed by atoms with E-state index in [9.17, 15) is 8.42 Å². The predicted octanol–water partition coefficient (Wildman–Crippen LogP) is 1.52. The molecule has 23 heavy (non-hydrogen) atoms. The monoisotopic (exact) mass is 339 g/mol. The van der Waals surface area contributed by atoms with Gasteiger partial charge in [-0.2, -0.15) is 0 Å². The van der Waals surface area contributed by atoms with Crippen molar-refractivity contribution in [3.05, 3.63) is 35.9 Å². The molecule has 2 atom stereocenters. The molecule has 2 rings (SSSR count). The fourth-order valence-corrected chi connectivity index (χ4v) is 3.70. The Morgan fingerprint density at radius 1 is 1.30 bits per heavy atom. The average Bonchev–Trinajstić information content (AvgIpc) is 2.49. The molecule has 0 amide bonds. The summed E-state index contributed by atoms with van der Waals surface area (Å²) in [7, 11) is -0.998. The largest absolute Gasteiger partial charge is 0.302 e. The van der Waals surface area contributed by atoms with Crippen molar-refractivity contribution in [3.8, 4) is 0 Å². The maximum atomic E-state index is 11.1. The molecule has 0 radical (unpaired) electrons. The molecule has 1 aromatic carbocycles. The van der Waals surface area contributed by atoms with Gasteiger partial charge in [0, 0.05) is 38.3 Å². The summed E-state index contributed by atoms with van der Waals surface area (Å²) in [4.78, 5) is 4.82. The van der Waals surface area contributed by atoms with Crippen molar-refractivity contribution in [2.75, 3.05) is 32.9 Å². The van der Waals surface area contributed by atoms with Crippen LogP contribution in [-0.2, 0) is 16.6 Å². The van der Waals surface area contributed by atoms with Crippen molar-refractivity contribution in [1.82, 2.24) is 14.5 Å². The van der Waals surface area contributed by atoms with Gasteiger partial charge in [0.15, 0.2) is 0 Å². The van der Waals surface area contributed by atoms with Gasteiger partial charge in [0.05, 0.1) is 6.26 Å². The molecule has 1 N–H and O–H groups in total. The standard InChI is InChI=1S/C17H29N3O2S/c1-15-13-17(19(2)12-10-18-23(3,21)22)9-11-20(15)14-16-7-5-4-6-8-16/h4-8,15,17-18H,9-14H2,1-3H3. The highest BCUT2D eigenvalue weighted by Gasteiger charge is 2.27. The fraction of sp³-hybridized carbons (Fsp3) is 0.647. The molecule has 0 aromatic heterocycles. The Morgan fingerprint density at radius 3 is 2.61 bits per heavy atom. The smallest absolute Gasteiger partial charge is 0.208 e. The molecule has 1 saturated heterocycles. The van der Waals surface area contributed by atoms with E-state index in [0.29, 0.717) is 18.6 Å². The third-order valence-corrected chi connectivity index (χ3v) is 5.40. The van der Waals surface area contributed by atoms with Gasteiger partial charge in [-0.1, -0.05) is 30.3 Å². The highest BCUT2D eigenvalue weighted by atomic mass is 32.2. The summed E-state index contributed by atoms with van der Waals surface area (Å²) in [5.41, 5.74) is 1.36. The molecule has 0 spiro atoms. The molecule has 0 saturated carbocycles. The number of nitrogens with one attached hydrogen (secondary N) is 1. The number of likely N-dealkylation sites (tertiary alicyclic amines) is 1. The lowest BCUT2D eigenvalue weighted by Crippen LogP contribution is -2.48. The Hall–Kier alpha value is -0.950. The first-order valence-corrected chi connectivity index (χ1v) is 10.2. The van der Waals surface area contributed by atoms with Crippen LogP contribution in [0.1, 0.15) is 25.3 Å². The lowest BCUT2D eigenvalue weighted by molar-refractivity contribution is 0.0814. The van der Waals surface area contributed by atoms with Gasteiger partial charge in [-0.05, 0) is 32.4 Å². The Morgan fingerprint density at radius 2 is 2.00 bits per heavy atom. The van der Waals surface area contributed by atoms with Gasteiger partial charge in [0.1, 0.15) is 0 Å². The lowest BCUT2D eigenvalue weighted by atomic mass is 9.96. The van der Waals surface area contributed by atoms with Gasteiger partial charge in [-0.15, -0.1) is 0 Å². The summed E-state index contributed by atoms with van der Waals surface area (Å²) in [6, 6.07) is 11.7. The lowest BCUT2D eigenvalue weighted by Gasteiger charge is -2.41. The van der Waals surface area contributed by atoms with Gasteiger partial charge in [-0.3, -0.25) is 4.90 Å². The molecular weight excluding hydrogens is 310 g/mol. The van der Waals surface area contributed by atoms with Crippen LogP contribution in [0, 0.1) is 0 Å². The zero-order valence-electron chi connectivity index (χ0n) is 14.4. The minimum atomic E-state index is -3.09. The van der Waals surface area contributed by atoms with Crippen LogP contribution in [0.25, 0.3) is 0 Å². The number of hydrogen-bond acceptors (Lipinski definition) is 4. The summed E-state index contributed by atoms with van der Waals surface area (Å²) in [6.45, 7) is 5.62. The normalized spacial score (nSPS) is 23.3. The minimum Gasteiger partial charge on any atom is -0.302 e. The van der Waals surface area contributed by atoms with Gasteiger partial charge >= 0.3 is 0 Å². The second-order valence-corrected chi connectivity index (χ2v) is 8.46. The van der Waals surface area contributed by atoms with E-state index in [0.717, 1.165) is 32.5 Å². The molecule has 1 aliphatic rings. The summed E-state index contributed by atoms with van der Waals surface area (Å²) in [5, 5.41) is 0. The molecule has 5 nitrogen and oxygen atoms in total. The van der Waals surface area contributed by atoms with Gasteiger partial charge in [0.25, 0.3) is 0 Å². The molecule has 1 aromatic rings. The Kier molecular flexibility index (Phi) is 6.59. The van der Waals surface area contributed by atoms with Crippen LogP contribution in [-0.4, -0.2) is 63.2 Å². The highest BCUT2D eigenvalue weighted by Crippen LogP contribution is 2.22. The van der Waals surface area contributed by atoms with Crippen LogP contribution in [0.2, 0.25) is 0 Å². The maximum absolute atomic E-state index is 11.1. The summed E-state index contributed by atoms with van der Waals surface area (Å²) >= 11 is 0. The first kappa shape index (κ1) is 18.4. The van der Waals surface area contributed by atoms with E-state index in [-0.39, 0.29) is 0 Å². The third-order valence-electron chi connectivity index (χ3n) is 4.67. The summed E-state index contributed by atoms with van der Waals surface area (Å²) in [6.07, 6.45) is 3.46. The van der Waals surface area contributed by atoms with E-state index in [1.54, 1.807) is 0 Å². The summed E-state index contributed by atoms with van der Waals surface area (Å²) in [5.74, 6) is 0. The van der Waals surface area contributed by atoms with Crippen molar-refractivity contribution in [1.29, 1.82) is 0 Å². The Balaban J connectivity index is 1.78. The first-order chi connectivity index (χ1) is 10.8. The summed E-state index contributed by atoms with van der Waals surface area (Å²) < 4.78 is 24.8. The molecule has 130 valence electrons. The van der Waals surface area contributed by atoms with E-state index in [1.165, 1.54) is 11.8 Å². The van der Waals surface area contributed by atoms with Crippen LogP contribution in [0.3, 0.4) is 0 Å². The van der Waals surface area contributed by atoms with Crippen LogP contribution < -0.4 is 4.72 Å². The molecule has 2 unspecified atom stereocenters. The van der Waals surface area contributed by atoms with E-state index >= 15 is 0 Å². The van der Waals surface area contributed by atoms with Gasteiger partial charge in [0.2, 0.25) is 10.0 Å². The maximum Gasteiger partial charge on any atom is 0.208 e. The Bertz CT molecular complexity index is 577. The number of benzene rings is 1. The van der Waals surface area contributed by atoms with Gasteiger partial charge in [-0.25, -0.2) is 13.1 Å². The number of piperidine rings is 1. The van der Waals surface area contributed by atoms with Crippen molar-refractivity contribution in [2.45, 2.75) is 38.4 Å². The fourth-order valence-electron chi connectivity index (χ4n) is 3.24. The number of rotatable bonds is 7. The molecule has 0 aliphatic carbocycles. The number of likely N-dealkylation sites (N-methyl/N-ethyl adjacent to an activating group) is 1. The van der Waals surface area contributed by atoms with E-state index in [2.05, 4.69) is 58.8 Å². The average molecular weight is 340 g/mol. The van der Waals surface area contributed by atoms with Crippen LogP contribution in [0.15, 0.2) is 30.3 Å². The Labute approximate surface area is 140 Å². The van der Waals surface area contributed by atoms with Crippen LogP contribution in [0.4, 0.5) is 0 Å². The zero-order chi connectivity index (χ0) is 16.9. The quantitative estimate of drug-likeness (QED) is 0.818. The van der Waals surface area contributed by atoms with Crippen LogP contribution >= 0.6 is 0 Å². The number of hydrogen-bond donors (Lipinski definition) is 1. The van der Waals surface area contributed by atoms with Crippen molar-refractivity contribution in [3.63, 3.8) is 0 Å². The molecular formula is C17H29N3O2S. The van der Waals surface area contributed by atoms with E-state index < -0.39 is 10.0 Å². The zero-order valence-corrected chi connectivity index (χ0v) is 15.2. The predicted molar refractivity (Wildman–Crippen MR) is 94.8 cm³/mol. The van der Waals surface area contributed by atoms with Crippen molar-refractivity contribution < 1.29 is 8.42 Å². The molecule has 1 fully saturated rings. The van der Waals surface area contributed by atoms with Crippen molar-refractivity contribution in [2.24, 2.45) is 0 Å². The second kappa shape index (κ2) is 8.24. The third kappa shape index (κ3) is 6.22. The minimum absolute atomic E-state index is 0.480. The van der Waals surface area contributed by atoms with E-state index in [4.69, 9.17) is 0 Å². The van der Waals surface area contributed by atoms with E-state index in [1.807, 2.05) is 0 Å². The van der Waals surface area contributed by atoms with Gasteiger partial charge < -0.3 is 4.90 Å². The first-order valence-electron chi connectivity index (χ1n) is 8.28. The molecule has 0 bridgehead atoms. The van der Waals surface area contributed by atoms with Crippen molar-refractivity contribution >= 4 is 10.0 Å². The number of sulfonamides is 1. The van der Waals surface area contributed by atoms with Crippen LogP contribution in [0.5, 0.6) is 0 Å². The molecule has 1 heterocycles. The second-order valence-electron chi connectivity index (χ2n) is 6.63. The molecule has 1 aliphatic heterocycles. The number of nitrogens with zero attached hydrogens (tertiary/aromatic N) is 2. The highest BCUT2D eigenvalue weighted by molar-refractivity contribution is 7.88. The topological polar surface area (TPSA) is 52.7 Å². The molecule has 6 heteroatoms.